The zero-order chi connectivity index (χ0) is 21.6. The van der Waals surface area contributed by atoms with Crippen molar-refractivity contribution in [2.24, 2.45) is 0 Å². The molecule has 1 aromatic carbocycles. The minimum atomic E-state index is -0.495. The number of furan rings is 1. The second kappa shape index (κ2) is 9.30. The second-order valence-electron chi connectivity index (χ2n) is 6.35. The van der Waals surface area contributed by atoms with Crippen molar-refractivity contribution in [3.05, 3.63) is 60.5 Å². The number of carbonyl (C=O) groups is 2. The van der Waals surface area contributed by atoms with Gasteiger partial charge in [0.2, 0.25) is 5.91 Å². The Balaban J connectivity index is 1.30. The number of H-pyrrole nitrogens is 1. The van der Waals surface area contributed by atoms with Gasteiger partial charge >= 0.3 is 0 Å². The average molecular weight is 437 g/mol. The second-order valence-corrected chi connectivity index (χ2v) is 7.29. The van der Waals surface area contributed by atoms with E-state index < -0.39 is 5.91 Å². The minimum absolute atomic E-state index is 0.0504. The van der Waals surface area contributed by atoms with Gasteiger partial charge < -0.3 is 4.42 Å². The third-order valence-corrected chi connectivity index (χ3v) is 5.28. The lowest BCUT2D eigenvalue weighted by Gasteiger charge is -2.07. The zero-order valence-corrected chi connectivity index (χ0v) is 17.3. The first kappa shape index (κ1) is 20.4. The van der Waals surface area contributed by atoms with Crippen LogP contribution in [-0.4, -0.2) is 42.5 Å². The Bertz CT molecular complexity index is 1170. The number of benzene rings is 1. The molecule has 0 fully saturated rings. The molecule has 0 radical (unpaired) electrons. The molecule has 4 aromatic rings. The molecule has 0 saturated heterocycles. The molecule has 11 heteroatoms. The van der Waals surface area contributed by atoms with Gasteiger partial charge in [0.15, 0.2) is 16.7 Å². The molecule has 3 N–H and O–H groups in total. The van der Waals surface area contributed by atoms with Crippen molar-refractivity contribution in [2.45, 2.75) is 18.6 Å². The fourth-order valence-corrected chi connectivity index (χ4v) is 3.63. The number of thioether (sulfide) groups is 1. The Kier molecular flexibility index (Phi) is 6.13. The topological polar surface area (TPSA) is 131 Å². The van der Waals surface area contributed by atoms with Crippen molar-refractivity contribution in [2.75, 3.05) is 5.75 Å². The number of carbonyl (C=O) groups excluding carboxylic acids is 2. The molecule has 0 bridgehead atoms. The van der Waals surface area contributed by atoms with Crippen LogP contribution in [0.5, 0.6) is 0 Å². The maximum Gasteiger partial charge on any atom is 0.287 e. The van der Waals surface area contributed by atoms with Gasteiger partial charge in [-0.1, -0.05) is 42.1 Å². The largest absolute Gasteiger partial charge is 0.461 e. The number of hydrogen-bond donors (Lipinski definition) is 3. The molecule has 2 amide bonds. The Morgan fingerprint density at radius 3 is 2.71 bits per heavy atom. The third-order valence-electron chi connectivity index (χ3n) is 4.31. The average Bonchev–Trinajstić information content (AvgIpc) is 3.56. The monoisotopic (exact) mass is 437 g/mol. The highest BCUT2D eigenvalue weighted by atomic mass is 32.2. The summed E-state index contributed by atoms with van der Waals surface area (Å²) in [6.45, 7) is 2.57. The Labute approximate surface area is 181 Å². The number of aromatic nitrogens is 5. The quantitative estimate of drug-likeness (QED) is 0.299. The summed E-state index contributed by atoms with van der Waals surface area (Å²) in [4.78, 5) is 24.4. The summed E-state index contributed by atoms with van der Waals surface area (Å²) in [6.07, 6.45) is 1.56. The van der Waals surface area contributed by atoms with Crippen LogP contribution in [0.2, 0.25) is 0 Å². The van der Waals surface area contributed by atoms with Gasteiger partial charge in [-0.15, -0.1) is 10.2 Å². The van der Waals surface area contributed by atoms with Crippen LogP contribution in [0.4, 0.5) is 0 Å². The highest BCUT2D eigenvalue weighted by molar-refractivity contribution is 7.99. The molecule has 0 unspecified atom stereocenters. The molecule has 0 aliphatic rings. The van der Waals surface area contributed by atoms with E-state index in [1.165, 1.54) is 11.8 Å². The molecular formula is C20H19N7O3S. The summed E-state index contributed by atoms with van der Waals surface area (Å²) < 4.78 is 7.22. The van der Waals surface area contributed by atoms with E-state index in [9.17, 15) is 9.59 Å². The molecule has 31 heavy (non-hydrogen) atoms. The summed E-state index contributed by atoms with van der Waals surface area (Å²) in [5.41, 5.74) is 6.52. The molecule has 10 nitrogen and oxygen atoms in total. The van der Waals surface area contributed by atoms with E-state index in [0.29, 0.717) is 29.0 Å². The van der Waals surface area contributed by atoms with E-state index in [4.69, 9.17) is 4.42 Å². The van der Waals surface area contributed by atoms with E-state index in [2.05, 4.69) is 31.2 Å². The van der Waals surface area contributed by atoms with Gasteiger partial charge in [-0.3, -0.25) is 30.1 Å². The maximum absolute atomic E-state index is 12.3. The molecule has 0 aliphatic heterocycles. The number of nitrogens with zero attached hydrogens (tertiary/aromatic N) is 4. The first-order chi connectivity index (χ1) is 15.2. The lowest BCUT2D eigenvalue weighted by molar-refractivity contribution is -0.119. The maximum atomic E-state index is 12.3. The first-order valence-electron chi connectivity index (χ1n) is 9.45. The summed E-state index contributed by atoms with van der Waals surface area (Å²) in [5, 5.41) is 15.6. The van der Waals surface area contributed by atoms with Crippen LogP contribution in [0.25, 0.3) is 22.8 Å². The van der Waals surface area contributed by atoms with Crippen LogP contribution in [-0.2, 0) is 11.3 Å². The van der Waals surface area contributed by atoms with Crippen LogP contribution in [0.15, 0.2) is 64.4 Å². The van der Waals surface area contributed by atoms with Gasteiger partial charge in [0.1, 0.15) is 5.69 Å². The number of amides is 2. The Morgan fingerprint density at radius 1 is 1.13 bits per heavy atom. The SMILES string of the molecule is CCn1c(SCC(=O)NNC(=O)c2cc(-c3ccccc3)n[nH]2)nnc1-c1ccco1. The van der Waals surface area contributed by atoms with E-state index in [1.807, 2.05) is 41.8 Å². The molecule has 0 saturated carbocycles. The summed E-state index contributed by atoms with van der Waals surface area (Å²) in [6, 6.07) is 14.6. The van der Waals surface area contributed by atoms with Gasteiger partial charge in [0.25, 0.3) is 5.91 Å². The van der Waals surface area contributed by atoms with Crippen molar-refractivity contribution >= 4 is 23.6 Å². The van der Waals surface area contributed by atoms with E-state index in [1.54, 1.807) is 24.5 Å². The Morgan fingerprint density at radius 2 is 1.97 bits per heavy atom. The van der Waals surface area contributed by atoms with Crippen molar-refractivity contribution in [1.29, 1.82) is 0 Å². The van der Waals surface area contributed by atoms with E-state index >= 15 is 0 Å². The van der Waals surface area contributed by atoms with Gasteiger partial charge in [-0.05, 0) is 25.1 Å². The fourth-order valence-electron chi connectivity index (χ4n) is 2.82. The standard InChI is InChI=1S/C20H19N7O3S/c1-2-27-18(16-9-6-10-30-16)24-26-20(27)31-12-17(28)23-25-19(29)15-11-14(21-22-15)13-7-4-3-5-8-13/h3-11H,2,12H2,1H3,(H,21,22)(H,23,28)(H,25,29). The number of rotatable bonds is 7. The highest BCUT2D eigenvalue weighted by Crippen LogP contribution is 2.24. The van der Waals surface area contributed by atoms with Gasteiger partial charge in [-0.2, -0.15) is 5.10 Å². The van der Waals surface area contributed by atoms with Crippen molar-refractivity contribution in [3.8, 4) is 22.8 Å². The fraction of sp³-hybridized carbons (Fsp3) is 0.150. The predicted molar refractivity (Wildman–Crippen MR) is 114 cm³/mol. The molecule has 3 heterocycles. The van der Waals surface area contributed by atoms with Crippen molar-refractivity contribution < 1.29 is 14.0 Å². The van der Waals surface area contributed by atoms with E-state index in [0.717, 1.165) is 5.56 Å². The summed E-state index contributed by atoms with van der Waals surface area (Å²) in [7, 11) is 0. The lowest BCUT2D eigenvalue weighted by atomic mass is 10.1. The van der Waals surface area contributed by atoms with Crippen molar-refractivity contribution in [1.82, 2.24) is 35.8 Å². The highest BCUT2D eigenvalue weighted by Gasteiger charge is 2.17. The van der Waals surface area contributed by atoms with Gasteiger partial charge in [-0.25, -0.2) is 0 Å². The minimum Gasteiger partial charge on any atom is -0.461 e. The van der Waals surface area contributed by atoms with Crippen LogP contribution >= 0.6 is 11.8 Å². The summed E-state index contributed by atoms with van der Waals surface area (Å²) >= 11 is 1.21. The molecular weight excluding hydrogens is 418 g/mol. The van der Waals surface area contributed by atoms with Gasteiger partial charge in [0.05, 0.1) is 17.7 Å². The smallest absolute Gasteiger partial charge is 0.287 e. The molecule has 0 aliphatic carbocycles. The van der Waals surface area contributed by atoms with Crippen LogP contribution < -0.4 is 10.9 Å². The number of hydrogen-bond acceptors (Lipinski definition) is 7. The van der Waals surface area contributed by atoms with Crippen LogP contribution in [0, 0.1) is 0 Å². The zero-order valence-electron chi connectivity index (χ0n) is 16.5. The third kappa shape index (κ3) is 4.67. The number of aromatic amines is 1. The van der Waals surface area contributed by atoms with E-state index in [-0.39, 0.29) is 17.4 Å². The Hall–Kier alpha value is -3.86. The van der Waals surface area contributed by atoms with Crippen LogP contribution in [0.3, 0.4) is 0 Å². The van der Waals surface area contributed by atoms with Crippen molar-refractivity contribution in [3.63, 3.8) is 0 Å². The molecule has 0 atom stereocenters. The van der Waals surface area contributed by atoms with Crippen LogP contribution in [0.1, 0.15) is 17.4 Å². The molecule has 158 valence electrons. The number of hydrazine groups is 1. The molecule has 0 spiro atoms. The first-order valence-corrected chi connectivity index (χ1v) is 10.4. The molecule has 3 aromatic heterocycles. The normalized spacial score (nSPS) is 10.7. The lowest BCUT2D eigenvalue weighted by Crippen LogP contribution is -2.42. The number of nitrogens with one attached hydrogen (secondary N) is 3. The molecule has 4 rings (SSSR count). The van der Waals surface area contributed by atoms with Gasteiger partial charge in [0, 0.05) is 12.1 Å². The predicted octanol–water partition coefficient (Wildman–Crippen LogP) is 2.50. The summed E-state index contributed by atoms with van der Waals surface area (Å²) in [5.74, 6) is 0.371.